The van der Waals surface area contributed by atoms with Gasteiger partial charge in [-0.1, -0.05) is 17.7 Å². The number of rotatable bonds is 6. The monoisotopic (exact) mass is 397 g/mol. The molecule has 0 aromatic heterocycles. The minimum absolute atomic E-state index is 0.0422. The van der Waals surface area contributed by atoms with E-state index >= 15 is 0 Å². The zero-order valence-electron chi connectivity index (χ0n) is 15.7. The van der Waals surface area contributed by atoms with E-state index in [1.54, 1.807) is 24.3 Å². The van der Waals surface area contributed by atoms with Gasteiger partial charge in [0, 0.05) is 24.1 Å². The lowest BCUT2D eigenvalue weighted by atomic mass is 9.98. The van der Waals surface area contributed by atoms with E-state index in [4.69, 9.17) is 9.47 Å². The molecule has 1 atom stereocenters. The van der Waals surface area contributed by atoms with Crippen LogP contribution in [0.5, 0.6) is 0 Å². The molecule has 1 unspecified atom stereocenters. The number of carbonyl (C=O) groups is 2. The van der Waals surface area contributed by atoms with Crippen LogP contribution in [-0.2, 0) is 14.3 Å². The first kappa shape index (κ1) is 20.2. The van der Waals surface area contributed by atoms with E-state index < -0.39 is 29.1 Å². The van der Waals surface area contributed by atoms with E-state index in [9.17, 15) is 24.8 Å². The van der Waals surface area contributed by atoms with Crippen molar-refractivity contribution >= 4 is 23.7 Å². The van der Waals surface area contributed by atoms with Crippen LogP contribution in [0.2, 0.25) is 0 Å². The molecule has 0 aliphatic carbocycles. The van der Waals surface area contributed by atoms with Gasteiger partial charge in [-0.25, -0.2) is 9.59 Å². The molecule has 150 valence electrons. The summed E-state index contributed by atoms with van der Waals surface area (Å²) in [5, 5.41) is 20.5. The molecule has 1 fully saturated rings. The lowest BCUT2D eigenvalue weighted by molar-refractivity contribution is -0.384. The van der Waals surface area contributed by atoms with Crippen molar-refractivity contribution < 1.29 is 29.1 Å². The molecule has 1 saturated heterocycles. The van der Waals surface area contributed by atoms with Gasteiger partial charge in [-0.3, -0.25) is 10.1 Å². The number of ether oxygens (including phenoxy) is 2. The van der Waals surface area contributed by atoms with E-state index in [2.05, 4.69) is 0 Å². The van der Waals surface area contributed by atoms with Gasteiger partial charge in [0.05, 0.1) is 17.1 Å². The molecule has 0 bridgehead atoms. The normalized spacial score (nSPS) is 19.8. The maximum atomic E-state index is 12.2. The third-order valence-corrected chi connectivity index (χ3v) is 4.57. The van der Waals surface area contributed by atoms with Crippen molar-refractivity contribution in [3.63, 3.8) is 0 Å². The summed E-state index contributed by atoms with van der Waals surface area (Å²) in [6.45, 7) is 1.09. The SMILES string of the molecule is Cc1ccc(C(=O)OCC2(CO)C/C(=C\c3ccc([N+](=O)[O-])cc3)C(=O)O2)cc1. The number of nitro benzene ring substituents is 1. The first-order valence-corrected chi connectivity index (χ1v) is 8.85. The summed E-state index contributed by atoms with van der Waals surface area (Å²) in [4.78, 5) is 34.6. The summed E-state index contributed by atoms with van der Waals surface area (Å²) in [7, 11) is 0. The summed E-state index contributed by atoms with van der Waals surface area (Å²) in [5.41, 5.74) is 0.791. The predicted octanol–water partition coefficient (Wildman–Crippen LogP) is 2.82. The Bertz CT molecular complexity index is 964. The molecule has 0 radical (unpaired) electrons. The molecular formula is C21H19NO7. The standard InChI is InChI=1S/C21H19NO7/c1-14-2-6-16(7-3-14)19(24)28-13-21(12-23)11-17(20(25)29-21)10-15-4-8-18(9-5-15)22(26)27/h2-10,23H,11-13H2,1H3/b17-10+. The molecule has 1 aliphatic rings. The Hall–Kier alpha value is -3.52. The summed E-state index contributed by atoms with van der Waals surface area (Å²) >= 11 is 0. The fourth-order valence-corrected chi connectivity index (χ4v) is 2.91. The highest BCUT2D eigenvalue weighted by atomic mass is 16.6. The lowest BCUT2D eigenvalue weighted by Crippen LogP contribution is -2.39. The number of aliphatic hydroxyl groups is 1. The van der Waals surface area contributed by atoms with Gasteiger partial charge >= 0.3 is 11.9 Å². The lowest BCUT2D eigenvalue weighted by Gasteiger charge is -2.24. The Kier molecular flexibility index (Phi) is 5.74. The first-order valence-electron chi connectivity index (χ1n) is 8.85. The van der Waals surface area contributed by atoms with Crippen LogP contribution in [0.25, 0.3) is 6.08 Å². The van der Waals surface area contributed by atoms with Gasteiger partial charge in [0.15, 0.2) is 5.60 Å². The van der Waals surface area contributed by atoms with Gasteiger partial charge in [-0.05, 0) is 42.8 Å². The van der Waals surface area contributed by atoms with Crippen molar-refractivity contribution in [2.45, 2.75) is 18.9 Å². The number of benzene rings is 2. The van der Waals surface area contributed by atoms with Crippen LogP contribution in [0.4, 0.5) is 5.69 Å². The average Bonchev–Trinajstić information content (AvgIpc) is 3.03. The second kappa shape index (κ2) is 8.24. The van der Waals surface area contributed by atoms with E-state index in [1.165, 1.54) is 30.3 Å². The van der Waals surface area contributed by atoms with Crippen molar-refractivity contribution in [1.29, 1.82) is 0 Å². The third kappa shape index (κ3) is 4.67. The second-order valence-corrected chi connectivity index (χ2v) is 6.87. The van der Waals surface area contributed by atoms with Crippen molar-refractivity contribution in [2.75, 3.05) is 13.2 Å². The maximum Gasteiger partial charge on any atom is 0.338 e. The second-order valence-electron chi connectivity index (χ2n) is 6.87. The maximum absolute atomic E-state index is 12.2. The number of esters is 2. The van der Waals surface area contributed by atoms with Crippen LogP contribution in [0.3, 0.4) is 0 Å². The molecule has 1 aliphatic heterocycles. The molecule has 8 heteroatoms. The number of nitrogens with zero attached hydrogens (tertiary/aromatic N) is 1. The highest BCUT2D eigenvalue weighted by Crippen LogP contribution is 2.32. The van der Waals surface area contributed by atoms with Crippen molar-refractivity contribution in [2.24, 2.45) is 0 Å². The Morgan fingerprint density at radius 2 is 1.90 bits per heavy atom. The van der Waals surface area contributed by atoms with Crippen LogP contribution >= 0.6 is 0 Å². The van der Waals surface area contributed by atoms with Crippen LogP contribution < -0.4 is 0 Å². The minimum atomic E-state index is -1.36. The molecule has 1 N–H and O–H groups in total. The Morgan fingerprint density at radius 3 is 2.48 bits per heavy atom. The van der Waals surface area contributed by atoms with Crippen LogP contribution in [-0.4, -0.2) is 40.8 Å². The number of hydrogen-bond acceptors (Lipinski definition) is 7. The highest BCUT2D eigenvalue weighted by Gasteiger charge is 2.44. The molecule has 1 heterocycles. The van der Waals surface area contributed by atoms with Crippen molar-refractivity contribution in [1.82, 2.24) is 0 Å². The van der Waals surface area contributed by atoms with Crippen molar-refractivity contribution in [3.05, 3.63) is 80.9 Å². The quantitative estimate of drug-likeness (QED) is 0.345. The number of non-ortho nitro benzene ring substituents is 1. The number of cyclic esters (lactones) is 1. The number of aliphatic hydroxyl groups excluding tert-OH is 1. The Balaban J connectivity index is 1.70. The molecule has 3 rings (SSSR count). The van der Waals surface area contributed by atoms with Gasteiger partial charge in [0.2, 0.25) is 0 Å². The molecule has 2 aromatic rings. The molecular weight excluding hydrogens is 378 g/mol. The Labute approximate surface area is 166 Å². The number of carbonyl (C=O) groups excluding carboxylic acids is 2. The fraction of sp³-hybridized carbons (Fsp3) is 0.238. The van der Waals surface area contributed by atoms with E-state index in [0.717, 1.165) is 5.56 Å². The molecule has 8 nitrogen and oxygen atoms in total. The van der Waals surface area contributed by atoms with Crippen LogP contribution in [0, 0.1) is 17.0 Å². The zero-order valence-corrected chi connectivity index (χ0v) is 15.7. The third-order valence-electron chi connectivity index (χ3n) is 4.57. The smallest absolute Gasteiger partial charge is 0.338 e. The van der Waals surface area contributed by atoms with Gasteiger partial charge in [-0.2, -0.15) is 0 Å². The minimum Gasteiger partial charge on any atom is -0.458 e. The first-order chi connectivity index (χ1) is 13.8. The van der Waals surface area contributed by atoms with E-state index in [-0.39, 0.29) is 24.3 Å². The van der Waals surface area contributed by atoms with Gasteiger partial charge in [0.1, 0.15) is 6.61 Å². The van der Waals surface area contributed by atoms with Crippen molar-refractivity contribution in [3.8, 4) is 0 Å². The van der Waals surface area contributed by atoms with E-state index in [1.807, 2.05) is 6.92 Å². The molecule has 0 spiro atoms. The summed E-state index contributed by atoms with van der Waals surface area (Å²) < 4.78 is 10.6. The average molecular weight is 397 g/mol. The number of aryl methyl sites for hydroxylation is 1. The molecule has 29 heavy (non-hydrogen) atoms. The Morgan fingerprint density at radius 1 is 1.24 bits per heavy atom. The van der Waals surface area contributed by atoms with Gasteiger partial charge < -0.3 is 14.6 Å². The molecule has 0 saturated carbocycles. The highest BCUT2D eigenvalue weighted by molar-refractivity contribution is 5.96. The molecule has 0 amide bonds. The largest absolute Gasteiger partial charge is 0.458 e. The molecule has 2 aromatic carbocycles. The summed E-state index contributed by atoms with van der Waals surface area (Å²) in [6.07, 6.45) is 1.58. The topological polar surface area (TPSA) is 116 Å². The predicted molar refractivity (Wildman–Crippen MR) is 103 cm³/mol. The van der Waals surface area contributed by atoms with Crippen LogP contribution in [0.15, 0.2) is 54.1 Å². The van der Waals surface area contributed by atoms with Crippen LogP contribution in [0.1, 0.15) is 27.9 Å². The van der Waals surface area contributed by atoms with Gasteiger partial charge in [0.25, 0.3) is 5.69 Å². The summed E-state index contributed by atoms with van der Waals surface area (Å²) in [6, 6.07) is 12.5. The van der Waals surface area contributed by atoms with E-state index in [0.29, 0.717) is 11.1 Å². The number of hydrogen-bond donors (Lipinski definition) is 1. The zero-order chi connectivity index (χ0) is 21.0. The fourth-order valence-electron chi connectivity index (χ4n) is 2.91. The summed E-state index contributed by atoms with van der Waals surface area (Å²) in [5.74, 6) is -1.22. The number of nitro groups is 1. The van der Waals surface area contributed by atoms with Gasteiger partial charge in [-0.15, -0.1) is 0 Å².